The zero-order valence-corrected chi connectivity index (χ0v) is 9.64. The van der Waals surface area contributed by atoms with Crippen molar-refractivity contribution < 1.29 is 9.59 Å². The minimum atomic E-state index is -0.469. The molecule has 18 heavy (non-hydrogen) atoms. The molecule has 0 spiro atoms. The highest BCUT2D eigenvalue weighted by molar-refractivity contribution is 6.04. The normalized spacial score (nSPS) is 18.8. The van der Waals surface area contributed by atoms with E-state index >= 15 is 0 Å². The first-order valence-corrected chi connectivity index (χ1v) is 5.82. The summed E-state index contributed by atoms with van der Waals surface area (Å²) < 4.78 is 0. The van der Waals surface area contributed by atoms with Crippen LogP contribution in [0.25, 0.3) is 10.8 Å². The van der Waals surface area contributed by atoms with Crippen molar-refractivity contribution in [3.8, 4) is 0 Å². The minimum absolute atomic E-state index is 0.257. The van der Waals surface area contributed by atoms with Gasteiger partial charge < -0.3 is 5.32 Å². The van der Waals surface area contributed by atoms with E-state index in [1.54, 1.807) is 0 Å². The van der Waals surface area contributed by atoms with Crippen LogP contribution < -0.4 is 10.6 Å². The van der Waals surface area contributed by atoms with Crippen molar-refractivity contribution in [3.05, 3.63) is 48.0 Å². The van der Waals surface area contributed by atoms with Crippen LogP contribution in [0.3, 0.4) is 0 Å². The van der Waals surface area contributed by atoms with E-state index in [4.69, 9.17) is 0 Å². The minimum Gasteiger partial charge on any atom is -0.326 e. The third kappa shape index (κ3) is 1.82. The number of fused-ring (bicyclic) bond motifs is 1. The fourth-order valence-electron chi connectivity index (χ4n) is 2.29. The highest BCUT2D eigenvalue weighted by Crippen LogP contribution is 2.20. The molecule has 0 unspecified atom stereocenters. The maximum Gasteiger partial charge on any atom is 0.322 e. The molecule has 1 saturated heterocycles. The first-order valence-electron chi connectivity index (χ1n) is 5.82. The van der Waals surface area contributed by atoms with Crippen LogP contribution in [0.5, 0.6) is 0 Å². The van der Waals surface area contributed by atoms with Gasteiger partial charge in [-0.3, -0.25) is 10.1 Å². The molecular weight excluding hydrogens is 228 g/mol. The Labute approximate surface area is 104 Å². The number of hydrogen-bond donors (Lipinski definition) is 2. The van der Waals surface area contributed by atoms with Gasteiger partial charge in [-0.05, 0) is 16.3 Å². The number of urea groups is 1. The second-order valence-electron chi connectivity index (χ2n) is 4.36. The van der Waals surface area contributed by atoms with Gasteiger partial charge in [-0.25, -0.2) is 4.79 Å². The van der Waals surface area contributed by atoms with Crippen molar-refractivity contribution in [1.82, 2.24) is 10.6 Å². The number of carbonyl (C=O) groups is 2. The maximum atomic E-state index is 11.5. The summed E-state index contributed by atoms with van der Waals surface area (Å²) >= 11 is 0. The number of nitrogens with one attached hydrogen (secondary N) is 2. The van der Waals surface area contributed by atoms with E-state index < -0.39 is 12.1 Å². The zero-order valence-electron chi connectivity index (χ0n) is 9.64. The lowest BCUT2D eigenvalue weighted by molar-refractivity contribution is -0.120. The molecular formula is C14H12N2O2. The summed E-state index contributed by atoms with van der Waals surface area (Å²) in [5, 5.41) is 7.12. The lowest BCUT2D eigenvalue weighted by Crippen LogP contribution is -2.31. The third-order valence-electron chi connectivity index (χ3n) is 3.16. The Kier molecular flexibility index (Phi) is 2.48. The van der Waals surface area contributed by atoms with Crippen LogP contribution in [-0.2, 0) is 11.2 Å². The van der Waals surface area contributed by atoms with E-state index in [-0.39, 0.29) is 5.91 Å². The van der Waals surface area contributed by atoms with Gasteiger partial charge in [0.1, 0.15) is 6.04 Å². The van der Waals surface area contributed by atoms with Gasteiger partial charge in [0, 0.05) is 6.42 Å². The molecule has 1 heterocycles. The molecule has 0 aliphatic carbocycles. The van der Waals surface area contributed by atoms with Gasteiger partial charge in [0.2, 0.25) is 0 Å². The Morgan fingerprint density at radius 1 is 1.00 bits per heavy atom. The van der Waals surface area contributed by atoms with E-state index in [1.165, 1.54) is 0 Å². The van der Waals surface area contributed by atoms with E-state index in [0.29, 0.717) is 6.42 Å². The molecule has 0 aromatic heterocycles. The van der Waals surface area contributed by atoms with Gasteiger partial charge in [0.15, 0.2) is 0 Å². The Morgan fingerprint density at radius 3 is 2.56 bits per heavy atom. The Morgan fingerprint density at radius 2 is 1.78 bits per heavy atom. The SMILES string of the molecule is O=C1NC(=O)[C@H](Cc2cccc3ccccc23)N1. The van der Waals surface area contributed by atoms with Crippen molar-refractivity contribution >= 4 is 22.7 Å². The average molecular weight is 240 g/mol. The number of hydrogen-bond acceptors (Lipinski definition) is 2. The van der Waals surface area contributed by atoms with Gasteiger partial charge >= 0.3 is 6.03 Å². The van der Waals surface area contributed by atoms with Crippen LogP contribution in [0, 0.1) is 0 Å². The maximum absolute atomic E-state index is 11.5. The highest BCUT2D eigenvalue weighted by atomic mass is 16.2. The van der Waals surface area contributed by atoms with Crippen LogP contribution >= 0.6 is 0 Å². The standard InChI is InChI=1S/C14H12N2O2/c17-13-12(15-14(18)16-13)8-10-6-3-5-9-4-1-2-7-11(9)10/h1-7,12H,8H2,(H2,15,16,17,18)/t12-/m0/s1. The molecule has 2 N–H and O–H groups in total. The molecule has 2 aromatic rings. The summed E-state index contributed by atoms with van der Waals surface area (Å²) in [6.07, 6.45) is 0.513. The van der Waals surface area contributed by atoms with E-state index in [1.807, 2.05) is 42.5 Å². The smallest absolute Gasteiger partial charge is 0.322 e. The fourth-order valence-corrected chi connectivity index (χ4v) is 2.29. The van der Waals surface area contributed by atoms with Crippen molar-refractivity contribution in [1.29, 1.82) is 0 Å². The van der Waals surface area contributed by atoms with Crippen molar-refractivity contribution in [3.63, 3.8) is 0 Å². The molecule has 0 radical (unpaired) electrons. The number of rotatable bonds is 2. The van der Waals surface area contributed by atoms with Crippen LogP contribution in [-0.4, -0.2) is 18.0 Å². The number of amides is 3. The molecule has 3 rings (SSSR count). The van der Waals surface area contributed by atoms with Crippen molar-refractivity contribution in [2.24, 2.45) is 0 Å². The summed E-state index contributed by atoms with van der Waals surface area (Å²) in [4.78, 5) is 22.6. The number of carbonyl (C=O) groups excluding carboxylic acids is 2. The molecule has 2 aromatic carbocycles. The molecule has 4 heteroatoms. The third-order valence-corrected chi connectivity index (χ3v) is 3.16. The summed E-state index contributed by atoms with van der Waals surface area (Å²) in [5.74, 6) is -0.257. The van der Waals surface area contributed by atoms with Crippen molar-refractivity contribution in [2.45, 2.75) is 12.5 Å². The van der Waals surface area contributed by atoms with E-state index in [0.717, 1.165) is 16.3 Å². The van der Waals surface area contributed by atoms with Crippen LogP contribution in [0.2, 0.25) is 0 Å². The second kappa shape index (κ2) is 4.14. The Hall–Kier alpha value is -2.36. The molecule has 90 valence electrons. The van der Waals surface area contributed by atoms with Crippen molar-refractivity contribution in [2.75, 3.05) is 0 Å². The lowest BCUT2D eigenvalue weighted by Gasteiger charge is -2.10. The second-order valence-corrected chi connectivity index (χ2v) is 4.36. The van der Waals surface area contributed by atoms with E-state index in [2.05, 4.69) is 10.6 Å². The topological polar surface area (TPSA) is 58.2 Å². The quantitative estimate of drug-likeness (QED) is 0.783. The average Bonchev–Trinajstić information content (AvgIpc) is 2.68. The molecule has 0 bridgehead atoms. The Balaban J connectivity index is 1.95. The molecule has 1 atom stereocenters. The van der Waals surface area contributed by atoms with Crippen LogP contribution in [0.15, 0.2) is 42.5 Å². The first-order chi connectivity index (χ1) is 8.74. The zero-order chi connectivity index (χ0) is 12.5. The number of benzene rings is 2. The Bertz CT molecular complexity index is 631. The molecule has 3 amide bonds. The van der Waals surface area contributed by atoms with Gasteiger partial charge in [0.25, 0.3) is 5.91 Å². The summed E-state index contributed by atoms with van der Waals surface area (Å²) in [6, 6.07) is 13.1. The molecule has 4 nitrogen and oxygen atoms in total. The molecule has 1 aliphatic rings. The van der Waals surface area contributed by atoms with Gasteiger partial charge in [-0.15, -0.1) is 0 Å². The largest absolute Gasteiger partial charge is 0.326 e. The predicted molar refractivity (Wildman–Crippen MR) is 68.1 cm³/mol. The van der Waals surface area contributed by atoms with Gasteiger partial charge in [-0.1, -0.05) is 42.5 Å². The fraction of sp³-hybridized carbons (Fsp3) is 0.143. The summed E-state index contributed by atoms with van der Waals surface area (Å²) in [5.41, 5.74) is 1.07. The molecule has 0 saturated carbocycles. The first kappa shape index (κ1) is 10.8. The monoisotopic (exact) mass is 240 g/mol. The van der Waals surface area contributed by atoms with Gasteiger partial charge in [-0.2, -0.15) is 0 Å². The molecule has 1 fully saturated rings. The summed E-state index contributed by atoms with van der Waals surface area (Å²) in [7, 11) is 0. The van der Waals surface area contributed by atoms with Crippen LogP contribution in [0.4, 0.5) is 4.79 Å². The lowest BCUT2D eigenvalue weighted by atomic mass is 9.99. The predicted octanol–water partition coefficient (Wildman–Crippen LogP) is 1.59. The highest BCUT2D eigenvalue weighted by Gasteiger charge is 2.29. The number of imide groups is 1. The van der Waals surface area contributed by atoms with Crippen LogP contribution in [0.1, 0.15) is 5.56 Å². The van der Waals surface area contributed by atoms with E-state index in [9.17, 15) is 9.59 Å². The van der Waals surface area contributed by atoms with Gasteiger partial charge in [0.05, 0.1) is 0 Å². The molecule has 1 aliphatic heterocycles. The summed E-state index contributed by atoms with van der Waals surface area (Å²) in [6.45, 7) is 0.